The third-order valence-corrected chi connectivity index (χ3v) is 2.59. The molecule has 3 nitrogen and oxygen atoms in total. The van der Waals surface area contributed by atoms with Gasteiger partial charge in [0.15, 0.2) is 0 Å². The average Bonchev–Trinajstić information content (AvgIpc) is 2.77. The van der Waals surface area contributed by atoms with E-state index in [0.29, 0.717) is 11.4 Å². The Morgan fingerprint density at radius 1 is 1.33 bits per heavy atom. The van der Waals surface area contributed by atoms with Gasteiger partial charge in [-0.05, 0) is 25.1 Å². The largest absolute Gasteiger partial charge is 0.416 e. The molecule has 1 atom stereocenters. The minimum absolute atomic E-state index is 0.304. The van der Waals surface area contributed by atoms with E-state index in [0.717, 1.165) is 12.1 Å². The Hall–Kier alpha value is -1.82. The molecule has 1 aromatic carbocycles. The second-order valence-corrected chi connectivity index (χ2v) is 4.03. The number of nitrogens with zero attached hydrogens (tertiary/aromatic N) is 2. The second-order valence-electron chi connectivity index (χ2n) is 4.03. The molecule has 2 N–H and O–H groups in total. The lowest BCUT2D eigenvalue weighted by Gasteiger charge is -2.13. The summed E-state index contributed by atoms with van der Waals surface area (Å²) in [4.78, 5) is 3.91. The van der Waals surface area contributed by atoms with Gasteiger partial charge in [0.2, 0.25) is 0 Å². The molecule has 1 unspecified atom stereocenters. The van der Waals surface area contributed by atoms with E-state index in [2.05, 4.69) is 4.98 Å². The predicted octanol–water partition coefficient (Wildman–Crippen LogP) is 2.91. The highest BCUT2D eigenvalue weighted by Crippen LogP contribution is 2.30. The standard InChI is InChI=1S/C12H12F3N3/c1-8(16)11-6-17-7-18(11)10-4-2-3-9(5-10)12(13,14)15/h2-8H,16H2,1H3. The van der Waals surface area contributed by atoms with Gasteiger partial charge in [-0.25, -0.2) is 4.98 Å². The van der Waals surface area contributed by atoms with Crippen LogP contribution < -0.4 is 5.73 Å². The smallest absolute Gasteiger partial charge is 0.323 e. The van der Waals surface area contributed by atoms with E-state index in [1.54, 1.807) is 23.8 Å². The molecule has 0 aliphatic rings. The Morgan fingerprint density at radius 3 is 2.67 bits per heavy atom. The molecular weight excluding hydrogens is 243 g/mol. The number of aromatic nitrogens is 2. The second kappa shape index (κ2) is 4.45. The molecule has 6 heteroatoms. The maximum Gasteiger partial charge on any atom is 0.416 e. The van der Waals surface area contributed by atoms with Gasteiger partial charge in [0.05, 0.1) is 23.8 Å². The molecule has 0 amide bonds. The van der Waals surface area contributed by atoms with Crippen LogP contribution in [-0.2, 0) is 6.18 Å². The number of benzene rings is 1. The van der Waals surface area contributed by atoms with Crippen molar-refractivity contribution in [3.05, 3.63) is 48.0 Å². The summed E-state index contributed by atoms with van der Waals surface area (Å²) in [6.07, 6.45) is -1.36. The van der Waals surface area contributed by atoms with Crippen LogP contribution in [0.4, 0.5) is 13.2 Å². The highest BCUT2D eigenvalue weighted by Gasteiger charge is 2.30. The van der Waals surface area contributed by atoms with Gasteiger partial charge in [0.25, 0.3) is 0 Å². The summed E-state index contributed by atoms with van der Waals surface area (Å²) in [6, 6.07) is 4.76. The third-order valence-electron chi connectivity index (χ3n) is 2.59. The Kier molecular flexibility index (Phi) is 3.13. The van der Waals surface area contributed by atoms with Crippen molar-refractivity contribution >= 4 is 0 Å². The van der Waals surface area contributed by atoms with Crippen LogP contribution in [0.25, 0.3) is 5.69 Å². The van der Waals surface area contributed by atoms with Crippen LogP contribution in [0, 0.1) is 0 Å². The van der Waals surface area contributed by atoms with E-state index in [9.17, 15) is 13.2 Å². The summed E-state index contributed by atoms with van der Waals surface area (Å²) in [5, 5.41) is 0. The van der Waals surface area contributed by atoms with E-state index >= 15 is 0 Å². The summed E-state index contributed by atoms with van der Waals surface area (Å²) in [5.41, 5.74) is 6.11. The van der Waals surface area contributed by atoms with Crippen LogP contribution in [-0.4, -0.2) is 9.55 Å². The molecule has 0 aliphatic heterocycles. The molecule has 0 saturated heterocycles. The molecular formula is C12H12F3N3. The monoisotopic (exact) mass is 255 g/mol. The fourth-order valence-electron chi connectivity index (χ4n) is 1.69. The molecule has 1 heterocycles. The maximum absolute atomic E-state index is 12.6. The molecule has 0 saturated carbocycles. The first-order valence-corrected chi connectivity index (χ1v) is 5.35. The minimum Gasteiger partial charge on any atom is -0.323 e. The molecule has 1 aromatic heterocycles. The van der Waals surface area contributed by atoms with Crippen LogP contribution >= 0.6 is 0 Å². The molecule has 0 fully saturated rings. The zero-order chi connectivity index (χ0) is 13.3. The highest BCUT2D eigenvalue weighted by atomic mass is 19.4. The summed E-state index contributed by atoms with van der Waals surface area (Å²) in [7, 11) is 0. The van der Waals surface area contributed by atoms with Crippen molar-refractivity contribution < 1.29 is 13.2 Å². The Bertz CT molecular complexity index is 543. The number of halogens is 3. The molecule has 0 spiro atoms. The number of hydrogen-bond donors (Lipinski definition) is 1. The molecule has 18 heavy (non-hydrogen) atoms. The molecule has 2 rings (SSSR count). The van der Waals surface area contributed by atoms with Gasteiger partial charge < -0.3 is 10.3 Å². The number of nitrogens with two attached hydrogens (primary N) is 1. The van der Waals surface area contributed by atoms with Gasteiger partial charge in [-0.3, -0.25) is 0 Å². The Balaban J connectivity index is 2.48. The van der Waals surface area contributed by atoms with E-state index in [-0.39, 0.29) is 6.04 Å². The van der Waals surface area contributed by atoms with Crippen LogP contribution in [0.15, 0.2) is 36.8 Å². The first-order chi connectivity index (χ1) is 8.39. The topological polar surface area (TPSA) is 43.8 Å². The van der Waals surface area contributed by atoms with Gasteiger partial charge in [-0.1, -0.05) is 6.07 Å². The molecule has 2 aromatic rings. The fraction of sp³-hybridized carbons (Fsp3) is 0.250. The summed E-state index contributed by atoms with van der Waals surface area (Å²) < 4.78 is 39.4. The molecule has 0 aliphatic carbocycles. The molecule has 96 valence electrons. The molecule has 0 bridgehead atoms. The van der Waals surface area contributed by atoms with E-state index in [1.165, 1.54) is 12.4 Å². The molecule has 0 radical (unpaired) electrons. The van der Waals surface area contributed by atoms with E-state index in [4.69, 9.17) is 5.73 Å². The minimum atomic E-state index is -4.36. The van der Waals surface area contributed by atoms with Crippen LogP contribution in [0.5, 0.6) is 0 Å². The van der Waals surface area contributed by atoms with Crippen molar-refractivity contribution in [3.8, 4) is 5.69 Å². The Labute approximate surface area is 102 Å². The van der Waals surface area contributed by atoms with Gasteiger partial charge in [-0.2, -0.15) is 13.2 Å². The first-order valence-electron chi connectivity index (χ1n) is 5.35. The van der Waals surface area contributed by atoms with Crippen LogP contribution in [0.2, 0.25) is 0 Å². The number of hydrogen-bond acceptors (Lipinski definition) is 2. The zero-order valence-electron chi connectivity index (χ0n) is 9.65. The third kappa shape index (κ3) is 2.38. The number of rotatable bonds is 2. The van der Waals surface area contributed by atoms with Crippen molar-refractivity contribution in [2.75, 3.05) is 0 Å². The SMILES string of the molecule is CC(N)c1cncn1-c1cccc(C(F)(F)F)c1. The zero-order valence-corrected chi connectivity index (χ0v) is 9.65. The van der Waals surface area contributed by atoms with E-state index in [1.807, 2.05) is 0 Å². The first kappa shape index (κ1) is 12.6. The van der Waals surface area contributed by atoms with Gasteiger partial charge in [-0.15, -0.1) is 0 Å². The van der Waals surface area contributed by atoms with E-state index < -0.39 is 11.7 Å². The van der Waals surface area contributed by atoms with Gasteiger partial charge in [0, 0.05) is 11.7 Å². The summed E-state index contributed by atoms with van der Waals surface area (Å²) in [5.74, 6) is 0. The quantitative estimate of drug-likeness (QED) is 0.896. The lowest BCUT2D eigenvalue weighted by Crippen LogP contribution is -2.11. The lowest BCUT2D eigenvalue weighted by molar-refractivity contribution is -0.137. The van der Waals surface area contributed by atoms with Crippen LogP contribution in [0.3, 0.4) is 0 Å². The predicted molar refractivity (Wildman–Crippen MR) is 61.2 cm³/mol. The number of imidazole rings is 1. The number of alkyl halides is 3. The highest BCUT2D eigenvalue weighted by molar-refractivity contribution is 5.38. The van der Waals surface area contributed by atoms with Gasteiger partial charge in [0.1, 0.15) is 0 Å². The van der Waals surface area contributed by atoms with Crippen molar-refractivity contribution in [2.45, 2.75) is 19.1 Å². The van der Waals surface area contributed by atoms with Crippen molar-refractivity contribution in [1.29, 1.82) is 0 Å². The maximum atomic E-state index is 12.6. The summed E-state index contributed by atoms with van der Waals surface area (Å²) >= 11 is 0. The lowest BCUT2D eigenvalue weighted by atomic mass is 10.2. The van der Waals surface area contributed by atoms with Gasteiger partial charge >= 0.3 is 6.18 Å². The van der Waals surface area contributed by atoms with Crippen molar-refractivity contribution in [1.82, 2.24) is 9.55 Å². The summed E-state index contributed by atoms with van der Waals surface area (Å²) in [6.45, 7) is 1.75. The van der Waals surface area contributed by atoms with Crippen LogP contribution in [0.1, 0.15) is 24.2 Å². The van der Waals surface area contributed by atoms with Crippen molar-refractivity contribution in [2.24, 2.45) is 5.73 Å². The Morgan fingerprint density at radius 2 is 2.06 bits per heavy atom. The van der Waals surface area contributed by atoms with Crippen molar-refractivity contribution in [3.63, 3.8) is 0 Å². The average molecular weight is 255 g/mol. The normalized spacial score (nSPS) is 13.6. The fourth-order valence-corrected chi connectivity index (χ4v) is 1.69.